The number of rotatable bonds is 8. The van der Waals surface area contributed by atoms with Crippen LogP contribution in [-0.2, 0) is 11.3 Å². The molecular weight excluding hydrogens is 402 g/mol. The van der Waals surface area contributed by atoms with E-state index in [-0.39, 0.29) is 6.54 Å². The van der Waals surface area contributed by atoms with E-state index < -0.39 is 11.5 Å². The lowest BCUT2D eigenvalue weighted by Crippen LogP contribution is -2.29. The molecule has 0 aliphatic carbocycles. The number of carbonyl (C=O) groups is 1. The van der Waals surface area contributed by atoms with Gasteiger partial charge in [-0.15, -0.1) is 0 Å². The Morgan fingerprint density at radius 2 is 1.55 bits per heavy atom. The Labute approximate surface area is 179 Å². The van der Waals surface area contributed by atoms with Gasteiger partial charge in [-0.05, 0) is 30.3 Å². The van der Waals surface area contributed by atoms with Crippen molar-refractivity contribution >= 4 is 11.6 Å². The van der Waals surface area contributed by atoms with E-state index in [0.29, 0.717) is 39.9 Å². The molecular formula is C22H23N3O6. The standard InChI is InChI=1S/C22H23N3O6/c1-28-17-8-6-5-7-16(17)23-20(26)13-25-21(27)10-9-15(24-25)14-11-18(29-2)22(31-4)19(12-14)30-3/h5-12H,13H2,1-4H3,(H,23,26). The van der Waals surface area contributed by atoms with Gasteiger partial charge >= 0.3 is 0 Å². The Morgan fingerprint density at radius 3 is 2.16 bits per heavy atom. The van der Waals surface area contributed by atoms with Gasteiger partial charge in [0.15, 0.2) is 11.5 Å². The molecule has 0 aliphatic heterocycles. The van der Waals surface area contributed by atoms with Crippen LogP contribution < -0.4 is 29.8 Å². The highest BCUT2D eigenvalue weighted by molar-refractivity contribution is 5.92. The lowest BCUT2D eigenvalue weighted by Gasteiger charge is -2.14. The van der Waals surface area contributed by atoms with Gasteiger partial charge in [0, 0.05) is 11.6 Å². The third kappa shape index (κ3) is 4.77. The molecule has 9 nitrogen and oxygen atoms in total. The zero-order chi connectivity index (χ0) is 22.4. The maximum Gasteiger partial charge on any atom is 0.267 e. The molecule has 1 amide bonds. The number of ether oxygens (including phenoxy) is 4. The quantitative estimate of drug-likeness (QED) is 0.592. The van der Waals surface area contributed by atoms with Crippen molar-refractivity contribution in [3.8, 4) is 34.3 Å². The van der Waals surface area contributed by atoms with Gasteiger partial charge in [0.25, 0.3) is 5.56 Å². The average molecular weight is 425 g/mol. The van der Waals surface area contributed by atoms with E-state index in [9.17, 15) is 9.59 Å². The van der Waals surface area contributed by atoms with Crippen LogP contribution in [0.3, 0.4) is 0 Å². The maximum atomic E-state index is 12.5. The molecule has 0 unspecified atom stereocenters. The summed E-state index contributed by atoms with van der Waals surface area (Å²) in [5.41, 5.74) is 1.19. The summed E-state index contributed by atoms with van der Waals surface area (Å²) < 4.78 is 22.4. The van der Waals surface area contributed by atoms with Gasteiger partial charge in [-0.1, -0.05) is 12.1 Å². The summed E-state index contributed by atoms with van der Waals surface area (Å²) >= 11 is 0. The molecule has 0 bridgehead atoms. The van der Waals surface area contributed by atoms with E-state index in [2.05, 4.69) is 10.4 Å². The Morgan fingerprint density at radius 1 is 0.903 bits per heavy atom. The lowest BCUT2D eigenvalue weighted by molar-refractivity contribution is -0.117. The average Bonchev–Trinajstić information content (AvgIpc) is 2.79. The summed E-state index contributed by atoms with van der Waals surface area (Å²) in [4.78, 5) is 24.8. The molecule has 3 aromatic rings. The highest BCUT2D eigenvalue weighted by Crippen LogP contribution is 2.40. The van der Waals surface area contributed by atoms with Crippen LogP contribution in [0.2, 0.25) is 0 Å². The second-order valence-electron chi connectivity index (χ2n) is 6.38. The van der Waals surface area contributed by atoms with Crippen LogP contribution in [-0.4, -0.2) is 44.1 Å². The second kappa shape index (κ2) is 9.66. The number of anilines is 1. The second-order valence-corrected chi connectivity index (χ2v) is 6.38. The minimum Gasteiger partial charge on any atom is -0.495 e. The molecule has 1 N–H and O–H groups in total. The Bertz CT molecular complexity index is 1120. The molecule has 0 spiro atoms. The number of amides is 1. The Hall–Kier alpha value is -4.01. The molecule has 0 saturated heterocycles. The van der Waals surface area contributed by atoms with E-state index >= 15 is 0 Å². The highest BCUT2D eigenvalue weighted by Gasteiger charge is 2.16. The SMILES string of the molecule is COc1ccccc1NC(=O)Cn1nc(-c2cc(OC)c(OC)c(OC)c2)ccc1=O. The number of para-hydroxylation sites is 2. The molecule has 0 radical (unpaired) electrons. The van der Waals surface area contributed by atoms with E-state index in [1.54, 1.807) is 42.5 Å². The van der Waals surface area contributed by atoms with Crippen LogP contribution in [0.5, 0.6) is 23.0 Å². The molecule has 0 atom stereocenters. The molecule has 9 heteroatoms. The molecule has 3 rings (SSSR count). The number of methoxy groups -OCH3 is 4. The minimum absolute atomic E-state index is 0.269. The van der Waals surface area contributed by atoms with Crippen molar-refractivity contribution in [1.29, 1.82) is 0 Å². The van der Waals surface area contributed by atoms with Crippen molar-refractivity contribution in [2.45, 2.75) is 6.54 Å². The normalized spacial score (nSPS) is 10.3. The van der Waals surface area contributed by atoms with Crippen LogP contribution in [0.15, 0.2) is 53.3 Å². The van der Waals surface area contributed by atoms with Gasteiger partial charge in [-0.2, -0.15) is 5.10 Å². The fraction of sp³-hybridized carbons (Fsp3) is 0.227. The fourth-order valence-corrected chi connectivity index (χ4v) is 3.02. The number of hydrogen-bond donors (Lipinski definition) is 1. The van der Waals surface area contributed by atoms with Gasteiger partial charge in [-0.3, -0.25) is 9.59 Å². The van der Waals surface area contributed by atoms with Crippen LogP contribution in [0.25, 0.3) is 11.3 Å². The minimum atomic E-state index is -0.416. The molecule has 1 heterocycles. The molecule has 31 heavy (non-hydrogen) atoms. The first kappa shape index (κ1) is 21.7. The smallest absolute Gasteiger partial charge is 0.267 e. The number of benzene rings is 2. The third-order valence-electron chi connectivity index (χ3n) is 4.50. The first-order chi connectivity index (χ1) is 15.0. The molecule has 0 aliphatic rings. The highest BCUT2D eigenvalue weighted by atomic mass is 16.5. The van der Waals surface area contributed by atoms with Crippen molar-refractivity contribution in [3.63, 3.8) is 0 Å². The number of aromatic nitrogens is 2. The van der Waals surface area contributed by atoms with Gasteiger partial charge in [-0.25, -0.2) is 4.68 Å². The lowest BCUT2D eigenvalue weighted by atomic mass is 10.1. The summed E-state index contributed by atoms with van der Waals surface area (Å²) in [7, 11) is 6.05. The van der Waals surface area contributed by atoms with Crippen molar-refractivity contribution in [2.24, 2.45) is 0 Å². The topological polar surface area (TPSA) is 101 Å². The molecule has 1 aromatic heterocycles. The predicted molar refractivity (Wildman–Crippen MR) is 115 cm³/mol. The summed E-state index contributed by atoms with van der Waals surface area (Å²) in [5.74, 6) is 1.44. The first-order valence-electron chi connectivity index (χ1n) is 9.32. The summed E-state index contributed by atoms with van der Waals surface area (Å²) in [6.45, 7) is -0.269. The zero-order valence-electron chi connectivity index (χ0n) is 17.7. The van der Waals surface area contributed by atoms with E-state index in [1.165, 1.54) is 34.5 Å². The predicted octanol–water partition coefficient (Wildman–Crippen LogP) is 2.58. The summed E-state index contributed by atoms with van der Waals surface area (Å²) in [6.07, 6.45) is 0. The molecule has 0 saturated carbocycles. The van der Waals surface area contributed by atoms with Gasteiger partial charge in [0.05, 0.1) is 39.8 Å². The van der Waals surface area contributed by atoms with Gasteiger partial charge < -0.3 is 24.3 Å². The molecule has 2 aromatic carbocycles. The number of carbonyl (C=O) groups excluding carboxylic acids is 1. The zero-order valence-corrected chi connectivity index (χ0v) is 17.7. The maximum absolute atomic E-state index is 12.5. The molecule has 162 valence electrons. The number of nitrogens with one attached hydrogen (secondary N) is 1. The van der Waals surface area contributed by atoms with Crippen molar-refractivity contribution in [2.75, 3.05) is 33.8 Å². The fourth-order valence-electron chi connectivity index (χ4n) is 3.02. The van der Waals surface area contributed by atoms with Crippen molar-refractivity contribution < 1.29 is 23.7 Å². The van der Waals surface area contributed by atoms with Crippen LogP contribution >= 0.6 is 0 Å². The van der Waals surface area contributed by atoms with E-state index in [4.69, 9.17) is 18.9 Å². The Balaban J connectivity index is 1.90. The van der Waals surface area contributed by atoms with E-state index in [0.717, 1.165) is 4.68 Å². The van der Waals surface area contributed by atoms with Crippen molar-refractivity contribution in [3.05, 3.63) is 58.9 Å². The summed E-state index contributed by atoms with van der Waals surface area (Å²) in [5, 5.41) is 7.06. The van der Waals surface area contributed by atoms with Gasteiger partial charge in [0.1, 0.15) is 12.3 Å². The molecule has 0 fully saturated rings. The van der Waals surface area contributed by atoms with Crippen LogP contribution in [0, 0.1) is 0 Å². The monoisotopic (exact) mass is 425 g/mol. The largest absolute Gasteiger partial charge is 0.495 e. The number of nitrogens with zero attached hydrogens (tertiary/aromatic N) is 2. The third-order valence-corrected chi connectivity index (χ3v) is 4.50. The first-order valence-corrected chi connectivity index (χ1v) is 9.32. The van der Waals surface area contributed by atoms with Gasteiger partial charge in [0.2, 0.25) is 11.7 Å². The van der Waals surface area contributed by atoms with Crippen LogP contribution in [0.1, 0.15) is 0 Å². The van der Waals surface area contributed by atoms with Crippen molar-refractivity contribution in [1.82, 2.24) is 9.78 Å². The number of hydrogen-bond acceptors (Lipinski definition) is 7. The van der Waals surface area contributed by atoms with E-state index in [1.807, 2.05) is 0 Å². The summed E-state index contributed by atoms with van der Waals surface area (Å²) in [6, 6.07) is 13.3. The van der Waals surface area contributed by atoms with Crippen LogP contribution in [0.4, 0.5) is 5.69 Å². The Kier molecular flexibility index (Phi) is 6.76.